The van der Waals surface area contributed by atoms with Crippen LogP contribution in [0.4, 0.5) is 0 Å². The maximum atomic E-state index is 11.1. The van der Waals surface area contributed by atoms with Gasteiger partial charge in [-0.3, -0.25) is 9.59 Å². The van der Waals surface area contributed by atoms with Crippen LogP contribution in [0.2, 0.25) is 0 Å². The zero-order valence-electron chi connectivity index (χ0n) is 9.60. The van der Waals surface area contributed by atoms with Crippen molar-refractivity contribution in [2.75, 3.05) is 13.7 Å². The topological polar surface area (TPSA) is 75.6 Å². The molecule has 0 bridgehead atoms. The fourth-order valence-corrected chi connectivity index (χ4v) is 1.37. The maximum Gasteiger partial charge on any atom is 0.312 e. The number of carbonyl (C=O) groups is 2. The number of methoxy groups -OCH3 is 1. The van der Waals surface area contributed by atoms with Gasteiger partial charge in [0.15, 0.2) is 0 Å². The van der Waals surface area contributed by atoms with Gasteiger partial charge in [-0.1, -0.05) is 12.1 Å². The molecule has 0 atom stereocenters. The molecule has 5 heteroatoms. The largest absolute Gasteiger partial charge is 0.497 e. The highest BCUT2D eigenvalue weighted by Gasteiger charge is 2.06. The SMILES string of the molecule is COc1cccc(CCNC(=O)CC(=O)O)c1. The predicted molar refractivity (Wildman–Crippen MR) is 62.0 cm³/mol. The minimum absolute atomic E-state index is 0.416. The molecule has 0 aliphatic carbocycles. The number of amides is 1. The van der Waals surface area contributed by atoms with E-state index in [1.54, 1.807) is 7.11 Å². The number of ether oxygens (including phenoxy) is 1. The normalized spacial score (nSPS) is 9.71. The molecular weight excluding hydrogens is 222 g/mol. The molecule has 1 rings (SSSR count). The first-order valence-corrected chi connectivity index (χ1v) is 5.23. The van der Waals surface area contributed by atoms with Crippen molar-refractivity contribution in [1.29, 1.82) is 0 Å². The quantitative estimate of drug-likeness (QED) is 0.718. The fourth-order valence-electron chi connectivity index (χ4n) is 1.37. The predicted octanol–water partition coefficient (Wildman–Crippen LogP) is 0.829. The highest BCUT2D eigenvalue weighted by molar-refractivity contribution is 5.93. The van der Waals surface area contributed by atoms with Crippen LogP contribution in [-0.4, -0.2) is 30.6 Å². The highest BCUT2D eigenvalue weighted by atomic mass is 16.5. The van der Waals surface area contributed by atoms with Gasteiger partial charge in [-0.2, -0.15) is 0 Å². The maximum absolute atomic E-state index is 11.1. The van der Waals surface area contributed by atoms with Gasteiger partial charge in [0, 0.05) is 6.54 Å². The van der Waals surface area contributed by atoms with Gasteiger partial charge < -0.3 is 15.2 Å². The van der Waals surface area contributed by atoms with Crippen molar-refractivity contribution < 1.29 is 19.4 Å². The number of benzene rings is 1. The Morgan fingerprint density at radius 2 is 2.18 bits per heavy atom. The molecule has 0 saturated heterocycles. The van der Waals surface area contributed by atoms with Gasteiger partial charge >= 0.3 is 5.97 Å². The number of rotatable bonds is 6. The van der Waals surface area contributed by atoms with E-state index < -0.39 is 18.3 Å². The van der Waals surface area contributed by atoms with Crippen LogP contribution in [0.15, 0.2) is 24.3 Å². The summed E-state index contributed by atoms with van der Waals surface area (Å²) in [6.45, 7) is 0.416. The van der Waals surface area contributed by atoms with E-state index in [-0.39, 0.29) is 0 Å². The summed E-state index contributed by atoms with van der Waals surface area (Å²) in [6.07, 6.45) is 0.153. The number of carboxylic acids is 1. The minimum atomic E-state index is -1.12. The lowest BCUT2D eigenvalue weighted by Gasteiger charge is -2.05. The van der Waals surface area contributed by atoms with Gasteiger partial charge in [-0.05, 0) is 24.1 Å². The number of carboxylic acid groups (broad SMARTS) is 1. The Morgan fingerprint density at radius 1 is 1.41 bits per heavy atom. The van der Waals surface area contributed by atoms with Crippen LogP contribution >= 0.6 is 0 Å². The second-order valence-electron chi connectivity index (χ2n) is 3.52. The third kappa shape index (κ3) is 5.01. The van der Waals surface area contributed by atoms with Crippen LogP contribution in [0, 0.1) is 0 Å². The second-order valence-corrected chi connectivity index (χ2v) is 3.52. The second kappa shape index (κ2) is 6.52. The van der Waals surface area contributed by atoms with Crippen molar-refractivity contribution >= 4 is 11.9 Å². The van der Waals surface area contributed by atoms with E-state index in [0.29, 0.717) is 13.0 Å². The van der Waals surface area contributed by atoms with E-state index >= 15 is 0 Å². The number of carbonyl (C=O) groups excluding carboxylic acids is 1. The molecule has 0 saturated carbocycles. The Balaban J connectivity index is 2.35. The van der Waals surface area contributed by atoms with Crippen molar-refractivity contribution in [3.05, 3.63) is 29.8 Å². The molecule has 0 fully saturated rings. The first kappa shape index (κ1) is 13.0. The molecule has 0 radical (unpaired) electrons. The molecular formula is C12H15NO4. The molecule has 0 aliphatic heterocycles. The standard InChI is InChI=1S/C12H15NO4/c1-17-10-4-2-3-9(7-10)5-6-13-11(14)8-12(15)16/h2-4,7H,5-6,8H2,1H3,(H,13,14)(H,15,16). The van der Waals surface area contributed by atoms with Crippen LogP contribution < -0.4 is 10.1 Å². The zero-order valence-corrected chi connectivity index (χ0v) is 9.60. The first-order chi connectivity index (χ1) is 8.11. The van der Waals surface area contributed by atoms with Crippen molar-refractivity contribution in [3.8, 4) is 5.75 Å². The fraction of sp³-hybridized carbons (Fsp3) is 0.333. The summed E-state index contributed by atoms with van der Waals surface area (Å²) in [5, 5.41) is 10.9. The first-order valence-electron chi connectivity index (χ1n) is 5.23. The molecule has 0 aromatic heterocycles. The van der Waals surface area contributed by atoms with Crippen molar-refractivity contribution in [2.24, 2.45) is 0 Å². The van der Waals surface area contributed by atoms with E-state index in [1.165, 1.54) is 0 Å². The monoisotopic (exact) mass is 237 g/mol. The molecule has 5 nitrogen and oxygen atoms in total. The lowest BCUT2D eigenvalue weighted by Crippen LogP contribution is -2.27. The third-order valence-corrected chi connectivity index (χ3v) is 2.18. The Bertz CT molecular complexity index is 403. The van der Waals surface area contributed by atoms with Gasteiger partial charge in [-0.25, -0.2) is 0 Å². The molecule has 17 heavy (non-hydrogen) atoms. The summed E-state index contributed by atoms with van der Waals surface area (Å²) in [4.78, 5) is 21.3. The molecule has 0 unspecified atom stereocenters. The molecule has 0 aliphatic rings. The van der Waals surface area contributed by atoms with Crippen LogP contribution in [-0.2, 0) is 16.0 Å². The molecule has 0 spiro atoms. The molecule has 1 aromatic rings. The molecule has 92 valence electrons. The van der Waals surface area contributed by atoms with E-state index in [2.05, 4.69) is 5.32 Å². The van der Waals surface area contributed by atoms with E-state index in [0.717, 1.165) is 11.3 Å². The minimum Gasteiger partial charge on any atom is -0.497 e. The van der Waals surface area contributed by atoms with Crippen molar-refractivity contribution in [3.63, 3.8) is 0 Å². The van der Waals surface area contributed by atoms with Crippen molar-refractivity contribution in [1.82, 2.24) is 5.32 Å². The Kier molecular flexibility index (Phi) is 5.00. The number of hydrogen-bond donors (Lipinski definition) is 2. The molecule has 2 N–H and O–H groups in total. The zero-order chi connectivity index (χ0) is 12.7. The molecule has 1 aromatic carbocycles. The summed E-state index contributed by atoms with van der Waals surface area (Å²) in [5.41, 5.74) is 1.03. The summed E-state index contributed by atoms with van der Waals surface area (Å²) < 4.78 is 5.07. The molecule has 1 amide bonds. The van der Waals surface area contributed by atoms with Crippen LogP contribution in [0.3, 0.4) is 0 Å². The van der Waals surface area contributed by atoms with Gasteiger partial charge in [0.2, 0.25) is 5.91 Å². The summed E-state index contributed by atoms with van der Waals surface area (Å²) >= 11 is 0. The lowest BCUT2D eigenvalue weighted by atomic mass is 10.1. The van der Waals surface area contributed by atoms with E-state index in [4.69, 9.17) is 9.84 Å². The van der Waals surface area contributed by atoms with E-state index in [1.807, 2.05) is 24.3 Å². The number of hydrogen-bond acceptors (Lipinski definition) is 3. The average molecular weight is 237 g/mol. The van der Waals surface area contributed by atoms with Crippen LogP contribution in [0.25, 0.3) is 0 Å². The summed E-state index contributed by atoms with van der Waals surface area (Å²) in [5.74, 6) is -0.830. The smallest absolute Gasteiger partial charge is 0.312 e. The third-order valence-electron chi connectivity index (χ3n) is 2.18. The van der Waals surface area contributed by atoms with E-state index in [9.17, 15) is 9.59 Å². The van der Waals surface area contributed by atoms with Crippen molar-refractivity contribution in [2.45, 2.75) is 12.8 Å². The molecule has 0 heterocycles. The highest BCUT2D eigenvalue weighted by Crippen LogP contribution is 2.12. The Morgan fingerprint density at radius 3 is 2.82 bits per heavy atom. The average Bonchev–Trinajstić information content (AvgIpc) is 2.28. The van der Waals surface area contributed by atoms with Gasteiger partial charge in [0.05, 0.1) is 7.11 Å². The summed E-state index contributed by atoms with van der Waals surface area (Å²) in [6, 6.07) is 7.51. The summed E-state index contributed by atoms with van der Waals surface area (Å²) in [7, 11) is 1.59. The Labute approximate surface area is 99.4 Å². The van der Waals surface area contributed by atoms with Crippen LogP contribution in [0.5, 0.6) is 5.75 Å². The van der Waals surface area contributed by atoms with Gasteiger partial charge in [0.25, 0.3) is 0 Å². The lowest BCUT2D eigenvalue weighted by molar-refractivity contribution is -0.140. The Hall–Kier alpha value is -2.04. The number of aliphatic carboxylic acids is 1. The van der Waals surface area contributed by atoms with Crippen LogP contribution in [0.1, 0.15) is 12.0 Å². The number of nitrogens with one attached hydrogen (secondary N) is 1. The van der Waals surface area contributed by atoms with Gasteiger partial charge in [0.1, 0.15) is 12.2 Å². The van der Waals surface area contributed by atoms with Gasteiger partial charge in [-0.15, -0.1) is 0 Å².